The molecule has 3 atom stereocenters. The quantitative estimate of drug-likeness (QED) is 0.511. The normalized spacial score (nSPS) is 24.8. The Hall–Kier alpha value is -2.82. The van der Waals surface area contributed by atoms with E-state index in [0.717, 1.165) is 17.5 Å². The van der Waals surface area contributed by atoms with Crippen molar-refractivity contribution in [1.82, 2.24) is 24.1 Å². The number of piperazine rings is 1. The first-order valence-electron chi connectivity index (χ1n) is 12.7. The third kappa shape index (κ3) is 6.94. The summed E-state index contributed by atoms with van der Waals surface area (Å²) in [5.74, 6) is -0.320. The molecule has 1 fully saturated rings. The second kappa shape index (κ2) is 11.7. The molecule has 3 unspecified atom stereocenters. The number of nitrogens with one attached hydrogen (secondary N) is 1. The second-order valence-corrected chi connectivity index (χ2v) is 12.1. The summed E-state index contributed by atoms with van der Waals surface area (Å²) in [6, 6.07) is 9.24. The SMILES string of the molecule is CC1(CCN2CCN(S(C)(=O)=O)C(C(=O)NCCc3cncn3Cc3ccccc3)C2)C=CC=CC1F. The maximum Gasteiger partial charge on any atom is 0.239 e. The number of hydrogen-bond acceptors (Lipinski definition) is 5. The number of halogens is 1. The molecule has 1 aromatic carbocycles. The Morgan fingerprint density at radius 2 is 2.00 bits per heavy atom. The fraction of sp³-hybridized carbons (Fsp3) is 0.481. The van der Waals surface area contributed by atoms with E-state index in [4.69, 9.17) is 0 Å². The fourth-order valence-corrected chi connectivity index (χ4v) is 5.95. The molecular formula is C27H36FN5O3S. The number of carbonyl (C=O) groups excluding carboxylic acids is 1. The van der Waals surface area contributed by atoms with Gasteiger partial charge in [0.15, 0.2) is 0 Å². The van der Waals surface area contributed by atoms with Crippen molar-refractivity contribution in [3.8, 4) is 0 Å². The Labute approximate surface area is 218 Å². The van der Waals surface area contributed by atoms with E-state index in [9.17, 15) is 17.6 Å². The molecule has 0 spiro atoms. The van der Waals surface area contributed by atoms with Crippen molar-refractivity contribution in [3.05, 3.63) is 78.4 Å². The van der Waals surface area contributed by atoms with Crippen LogP contribution in [0.5, 0.6) is 0 Å². The monoisotopic (exact) mass is 529 g/mol. The van der Waals surface area contributed by atoms with Crippen molar-refractivity contribution in [2.45, 2.75) is 38.5 Å². The summed E-state index contributed by atoms with van der Waals surface area (Å²) in [6.45, 7) is 4.53. The van der Waals surface area contributed by atoms with Gasteiger partial charge in [-0.05, 0) is 24.6 Å². The van der Waals surface area contributed by atoms with Crippen LogP contribution in [0.25, 0.3) is 0 Å². The summed E-state index contributed by atoms with van der Waals surface area (Å²) in [4.78, 5) is 19.5. The number of allylic oxidation sites excluding steroid dienone is 4. The molecule has 1 N–H and O–H groups in total. The van der Waals surface area contributed by atoms with E-state index in [1.54, 1.807) is 24.7 Å². The average Bonchev–Trinajstić information content (AvgIpc) is 3.31. The Bertz CT molecular complexity index is 1230. The molecule has 2 heterocycles. The maximum atomic E-state index is 14.5. The molecule has 10 heteroatoms. The Morgan fingerprint density at radius 1 is 1.22 bits per heavy atom. The molecular weight excluding hydrogens is 493 g/mol. The topological polar surface area (TPSA) is 87.5 Å². The first-order valence-corrected chi connectivity index (χ1v) is 14.5. The van der Waals surface area contributed by atoms with Crippen LogP contribution >= 0.6 is 0 Å². The summed E-state index contributed by atoms with van der Waals surface area (Å²) in [7, 11) is -3.56. The van der Waals surface area contributed by atoms with Crippen LogP contribution in [-0.4, -0.2) is 84.3 Å². The van der Waals surface area contributed by atoms with Crippen LogP contribution in [0.3, 0.4) is 0 Å². The Kier molecular flexibility index (Phi) is 8.61. The summed E-state index contributed by atoms with van der Waals surface area (Å²) < 4.78 is 42.7. The van der Waals surface area contributed by atoms with Gasteiger partial charge in [-0.2, -0.15) is 4.31 Å². The molecule has 8 nitrogen and oxygen atoms in total. The summed E-state index contributed by atoms with van der Waals surface area (Å²) in [5, 5.41) is 2.93. The molecule has 1 aromatic heterocycles. The van der Waals surface area contributed by atoms with Crippen molar-refractivity contribution < 1.29 is 17.6 Å². The fourth-order valence-electron chi connectivity index (χ4n) is 4.92. The van der Waals surface area contributed by atoms with E-state index >= 15 is 0 Å². The van der Waals surface area contributed by atoms with Crippen LogP contribution in [0, 0.1) is 5.41 Å². The van der Waals surface area contributed by atoms with E-state index in [-0.39, 0.29) is 19.0 Å². The third-order valence-electron chi connectivity index (χ3n) is 7.28. The van der Waals surface area contributed by atoms with Gasteiger partial charge in [0.05, 0.1) is 12.6 Å². The molecule has 37 heavy (non-hydrogen) atoms. The molecule has 1 aliphatic carbocycles. The zero-order chi connectivity index (χ0) is 26.5. The molecule has 200 valence electrons. The Morgan fingerprint density at radius 3 is 2.73 bits per heavy atom. The van der Waals surface area contributed by atoms with Crippen molar-refractivity contribution in [3.63, 3.8) is 0 Å². The van der Waals surface area contributed by atoms with Gasteiger partial charge in [0.1, 0.15) is 12.2 Å². The molecule has 1 saturated heterocycles. The largest absolute Gasteiger partial charge is 0.354 e. The van der Waals surface area contributed by atoms with Crippen molar-refractivity contribution in [1.29, 1.82) is 0 Å². The number of imidazole rings is 1. The number of rotatable bonds is 10. The van der Waals surface area contributed by atoms with Crippen molar-refractivity contribution >= 4 is 15.9 Å². The number of sulfonamides is 1. The highest BCUT2D eigenvalue weighted by Crippen LogP contribution is 2.34. The number of aromatic nitrogens is 2. The van der Waals surface area contributed by atoms with E-state index in [1.165, 1.54) is 4.31 Å². The standard InChI is InChI=1S/C27H36FN5O3S/c1-27(12-7-6-10-25(27)28)13-15-31-16-17-33(37(2,35)36)24(20-31)26(34)30-14-11-23-18-29-21-32(23)19-22-8-4-3-5-9-22/h3-10,12,18,21,24-25H,11,13-17,19-20H2,1-2H3,(H,30,34). The second-order valence-electron chi connectivity index (χ2n) is 10.1. The lowest BCUT2D eigenvalue weighted by Crippen LogP contribution is -2.60. The zero-order valence-electron chi connectivity index (χ0n) is 21.5. The summed E-state index contributed by atoms with van der Waals surface area (Å²) >= 11 is 0. The molecule has 1 amide bonds. The van der Waals surface area contributed by atoms with Crippen LogP contribution < -0.4 is 5.32 Å². The highest BCUT2D eigenvalue weighted by Gasteiger charge is 2.38. The van der Waals surface area contributed by atoms with Gasteiger partial charge < -0.3 is 9.88 Å². The van der Waals surface area contributed by atoms with Crippen LogP contribution in [0.1, 0.15) is 24.6 Å². The first kappa shape index (κ1) is 27.2. The molecule has 1 aliphatic heterocycles. The van der Waals surface area contributed by atoms with Gasteiger partial charge in [-0.25, -0.2) is 17.8 Å². The van der Waals surface area contributed by atoms with Crippen molar-refractivity contribution in [2.24, 2.45) is 5.41 Å². The summed E-state index contributed by atoms with van der Waals surface area (Å²) in [5.41, 5.74) is 1.53. The van der Waals surface area contributed by atoms with E-state index in [2.05, 4.69) is 27.3 Å². The number of nitrogens with zero attached hydrogens (tertiary/aromatic N) is 4. The molecule has 0 radical (unpaired) electrons. The summed E-state index contributed by atoms with van der Waals surface area (Å²) in [6.07, 6.45) is 11.8. The number of amides is 1. The van der Waals surface area contributed by atoms with Crippen LogP contribution in [0.4, 0.5) is 4.39 Å². The van der Waals surface area contributed by atoms with Gasteiger partial charge in [0, 0.05) is 56.5 Å². The lowest BCUT2D eigenvalue weighted by molar-refractivity contribution is -0.126. The van der Waals surface area contributed by atoms with Gasteiger partial charge in [-0.1, -0.05) is 55.5 Å². The molecule has 0 saturated carbocycles. The predicted octanol–water partition coefficient (Wildman–Crippen LogP) is 2.40. The smallest absolute Gasteiger partial charge is 0.239 e. The lowest BCUT2D eigenvalue weighted by atomic mass is 9.79. The van der Waals surface area contributed by atoms with E-state index < -0.39 is 27.7 Å². The molecule has 2 aliphatic rings. The van der Waals surface area contributed by atoms with E-state index in [0.29, 0.717) is 39.0 Å². The first-order chi connectivity index (χ1) is 17.7. The van der Waals surface area contributed by atoms with E-state index in [1.807, 2.05) is 41.8 Å². The van der Waals surface area contributed by atoms with Crippen molar-refractivity contribution in [2.75, 3.05) is 39.0 Å². The predicted molar refractivity (Wildman–Crippen MR) is 142 cm³/mol. The maximum absolute atomic E-state index is 14.5. The van der Waals surface area contributed by atoms with Gasteiger partial charge in [0.2, 0.25) is 15.9 Å². The molecule has 2 aromatic rings. The number of alkyl halides is 1. The molecule has 0 bridgehead atoms. The average molecular weight is 530 g/mol. The number of benzene rings is 1. The lowest BCUT2D eigenvalue weighted by Gasteiger charge is -2.40. The van der Waals surface area contributed by atoms with Crippen LogP contribution in [0.15, 0.2) is 67.2 Å². The van der Waals surface area contributed by atoms with Gasteiger partial charge in [-0.15, -0.1) is 0 Å². The Balaban J connectivity index is 1.34. The van der Waals surface area contributed by atoms with Gasteiger partial charge in [0.25, 0.3) is 0 Å². The third-order valence-corrected chi connectivity index (χ3v) is 8.57. The van der Waals surface area contributed by atoms with Crippen LogP contribution in [0.2, 0.25) is 0 Å². The minimum atomic E-state index is -3.56. The van der Waals surface area contributed by atoms with Crippen LogP contribution in [-0.2, 0) is 27.8 Å². The number of carbonyl (C=O) groups is 1. The minimum absolute atomic E-state index is 0.228. The highest BCUT2D eigenvalue weighted by molar-refractivity contribution is 7.88. The van der Waals surface area contributed by atoms with Gasteiger partial charge >= 0.3 is 0 Å². The minimum Gasteiger partial charge on any atom is -0.354 e. The zero-order valence-corrected chi connectivity index (χ0v) is 22.3. The van der Waals surface area contributed by atoms with Gasteiger partial charge in [-0.3, -0.25) is 9.69 Å². The number of hydrogen-bond donors (Lipinski definition) is 1. The molecule has 4 rings (SSSR count). The highest BCUT2D eigenvalue weighted by atomic mass is 32.2.